The first kappa shape index (κ1) is 15.1. The Hall–Kier alpha value is -1.78. The highest BCUT2D eigenvalue weighted by molar-refractivity contribution is 5.09. The maximum Gasteiger partial charge on any atom is 0.0312 e. The standard InChI is InChI=1S/C18H24N4/c1-2-8-18(22-14-16-6-4-10-20-12-16)17(7-1)21-13-15-5-3-9-19-11-15/h3-6,9-12,17-18,21-22H,1-2,7-8,13-14H2/t17-,18-/m1/s1. The molecular weight excluding hydrogens is 272 g/mol. The summed E-state index contributed by atoms with van der Waals surface area (Å²) in [4.78, 5) is 8.36. The molecule has 3 rings (SSSR count). The van der Waals surface area contributed by atoms with Crippen LogP contribution in [0.25, 0.3) is 0 Å². The van der Waals surface area contributed by atoms with Gasteiger partial charge in [0.1, 0.15) is 0 Å². The summed E-state index contributed by atoms with van der Waals surface area (Å²) in [6.45, 7) is 1.78. The zero-order valence-corrected chi connectivity index (χ0v) is 12.9. The molecule has 4 heteroatoms. The molecule has 0 spiro atoms. The van der Waals surface area contributed by atoms with Crippen LogP contribution in [0.2, 0.25) is 0 Å². The number of aromatic nitrogens is 2. The molecule has 0 aliphatic heterocycles. The quantitative estimate of drug-likeness (QED) is 0.860. The van der Waals surface area contributed by atoms with Crippen LogP contribution in [0.4, 0.5) is 0 Å². The van der Waals surface area contributed by atoms with Crippen LogP contribution >= 0.6 is 0 Å². The molecule has 1 aliphatic rings. The Balaban J connectivity index is 1.52. The summed E-state index contributed by atoms with van der Waals surface area (Å²) in [5.74, 6) is 0. The summed E-state index contributed by atoms with van der Waals surface area (Å²) in [6, 6.07) is 9.31. The highest BCUT2D eigenvalue weighted by Crippen LogP contribution is 2.19. The average molecular weight is 296 g/mol. The van der Waals surface area contributed by atoms with E-state index >= 15 is 0 Å². The van der Waals surface area contributed by atoms with Gasteiger partial charge in [-0.1, -0.05) is 25.0 Å². The van der Waals surface area contributed by atoms with Crippen LogP contribution in [0.1, 0.15) is 36.8 Å². The molecule has 22 heavy (non-hydrogen) atoms. The Morgan fingerprint density at radius 1 is 0.818 bits per heavy atom. The second-order valence-electron chi connectivity index (χ2n) is 5.98. The van der Waals surface area contributed by atoms with Crippen molar-refractivity contribution in [1.29, 1.82) is 0 Å². The van der Waals surface area contributed by atoms with Crippen LogP contribution in [0, 0.1) is 0 Å². The van der Waals surface area contributed by atoms with Crippen LogP contribution < -0.4 is 10.6 Å². The zero-order chi connectivity index (χ0) is 15.0. The van der Waals surface area contributed by atoms with E-state index in [9.17, 15) is 0 Å². The van der Waals surface area contributed by atoms with Gasteiger partial charge in [-0.3, -0.25) is 9.97 Å². The smallest absolute Gasteiger partial charge is 0.0312 e. The normalized spacial score (nSPS) is 21.6. The molecule has 2 aromatic heterocycles. The van der Waals surface area contributed by atoms with Gasteiger partial charge in [0, 0.05) is 50.0 Å². The van der Waals surface area contributed by atoms with E-state index in [-0.39, 0.29) is 0 Å². The fourth-order valence-electron chi connectivity index (χ4n) is 3.12. The molecule has 2 N–H and O–H groups in total. The molecule has 1 aliphatic carbocycles. The number of hydrogen-bond donors (Lipinski definition) is 2. The number of nitrogens with one attached hydrogen (secondary N) is 2. The average Bonchev–Trinajstić information content (AvgIpc) is 2.61. The molecule has 0 saturated heterocycles. The second-order valence-corrected chi connectivity index (χ2v) is 5.98. The van der Waals surface area contributed by atoms with Gasteiger partial charge in [0.15, 0.2) is 0 Å². The van der Waals surface area contributed by atoms with E-state index in [0.29, 0.717) is 12.1 Å². The van der Waals surface area contributed by atoms with Crippen LogP contribution in [0.5, 0.6) is 0 Å². The molecule has 0 radical (unpaired) electrons. The van der Waals surface area contributed by atoms with Crippen LogP contribution in [0.3, 0.4) is 0 Å². The van der Waals surface area contributed by atoms with Gasteiger partial charge in [-0.25, -0.2) is 0 Å². The van der Waals surface area contributed by atoms with Gasteiger partial charge in [-0.2, -0.15) is 0 Å². The van der Waals surface area contributed by atoms with Crippen molar-refractivity contribution < 1.29 is 0 Å². The summed E-state index contributed by atoms with van der Waals surface area (Å²) < 4.78 is 0. The number of rotatable bonds is 6. The molecule has 116 valence electrons. The van der Waals surface area contributed by atoms with Crippen molar-refractivity contribution in [2.45, 2.75) is 50.9 Å². The predicted octanol–water partition coefficient (Wildman–Crippen LogP) is 2.67. The minimum absolute atomic E-state index is 0.533. The number of pyridine rings is 2. The molecule has 2 aromatic rings. The number of nitrogens with zero attached hydrogens (tertiary/aromatic N) is 2. The molecule has 0 amide bonds. The van der Waals surface area contributed by atoms with Crippen molar-refractivity contribution >= 4 is 0 Å². The molecule has 0 bridgehead atoms. The Kier molecular flexibility index (Phi) is 5.51. The predicted molar refractivity (Wildman–Crippen MR) is 88.2 cm³/mol. The Bertz CT molecular complexity index is 492. The Morgan fingerprint density at radius 2 is 1.32 bits per heavy atom. The van der Waals surface area contributed by atoms with E-state index in [1.54, 1.807) is 0 Å². The fraction of sp³-hybridized carbons (Fsp3) is 0.444. The summed E-state index contributed by atoms with van der Waals surface area (Å²) >= 11 is 0. The third kappa shape index (κ3) is 4.36. The summed E-state index contributed by atoms with van der Waals surface area (Å²) in [5, 5.41) is 7.41. The van der Waals surface area contributed by atoms with E-state index < -0.39 is 0 Å². The highest BCUT2D eigenvalue weighted by Gasteiger charge is 2.24. The van der Waals surface area contributed by atoms with Gasteiger partial charge < -0.3 is 10.6 Å². The second kappa shape index (κ2) is 8.01. The van der Waals surface area contributed by atoms with Gasteiger partial charge in [0.2, 0.25) is 0 Å². The monoisotopic (exact) mass is 296 g/mol. The van der Waals surface area contributed by atoms with Crippen LogP contribution in [-0.4, -0.2) is 22.1 Å². The van der Waals surface area contributed by atoms with Crippen molar-refractivity contribution in [2.24, 2.45) is 0 Å². The van der Waals surface area contributed by atoms with Crippen molar-refractivity contribution in [3.63, 3.8) is 0 Å². The van der Waals surface area contributed by atoms with Gasteiger partial charge >= 0.3 is 0 Å². The first-order chi connectivity index (χ1) is 10.9. The van der Waals surface area contributed by atoms with E-state index in [4.69, 9.17) is 0 Å². The molecule has 4 nitrogen and oxygen atoms in total. The third-order valence-electron chi connectivity index (χ3n) is 4.35. The first-order valence-corrected chi connectivity index (χ1v) is 8.16. The van der Waals surface area contributed by atoms with Crippen molar-refractivity contribution in [2.75, 3.05) is 0 Å². The summed E-state index contributed by atoms with van der Waals surface area (Å²) in [6.07, 6.45) is 12.6. The van der Waals surface area contributed by atoms with Gasteiger partial charge in [-0.05, 0) is 36.1 Å². The fourth-order valence-corrected chi connectivity index (χ4v) is 3.12. The summed E-state index contributed by atoms with van der Waals surface area (Å²) in [7, 11) is 0. The lowest BCUT2D eigenvalue weighted by molar-refractivity contribution is 0.281. The van der Waals surface area contributed by atoms with E-state index in [1.807, 2.05) is 36.9 Å². The van der Waals surface area contributed by atoms with Gasteiger partial charge in [0.25, 0.3) is 0 Å². The topological polar surface area (TPSA) is 49.8 Å². The minimum Gasteiger partial charge on any atom is -0.308 e. The lowest BCUT2D eigenvalue weighted by atomic mass is 9.90. The number of hydrogen-bond acceptors (Lipinski definition) is 4. The molecular formula is C18H24N4. The lowest BCUT2D eigenvalue weighted by Crippen LogP contribution is -2.49. The summed E-state index contributed by atoms with van der Waals surface area (Å²) in [5.41, 5.74) is 2.50. The van der Waals surface area contributed by atoms with Crippen molar-refractivity contribution in [3.05, 3.63) is 60.2 Å². The van der Waals surface area contributed by atoms with Gasteiger partial charge in [-0.15, -0.1) is 0 Å². The molecule has 0 unspecified atom stereocenters. The highest BCUT2D eigenvalue weighted by atomic mass is 15.0. The Morgan fingerprint density at radius 3 is 1.73 bits per heavy atom. The maximum atomic E-state index is 4.18. The maximum absolute atomic E-state index is 4.18. The van der Waals surface area contributed by atoms with Crippen molar-refractivity contribution in [3.8, 4) is 0 Å². The SMILES string of the molecule is c1cncc(CN[C@@H]2CCCC[C@H]2NCc2cccnc2)c1. The van der Waals surface area contributed by atoms with Crippen LogP contribution in [0.15, 0.2) is 49.1 Å². The Labute approximate surface area is 132 Å². The van der Waals surface area contributed by atoms with E-state index in [1.165, 1.54) is 36.8 Å². The molecule has 2 heterocycles. The van der Waals surface area contributed by atoms with Crippen molar-refractivity contribution in [1.82, 2.24) is 20.6 Å². The molecule has 0 aromatic carbocycles. The molecule has 1 fully saturated rings. The van der Waals surface area contributed by atoms with Crippen LogP contribution in [-0.2, 0) is 13.1 Å². The zero-order valence-electron chi connectivity index (χ0n) is 12.9. The van der Waals surface area contributed by atoms with E-state index in [2.05, 4.69) is 32.7 Å². The first-order valence-electron chi connectivity index (χ1n) is 8.16. The minimum atomic E-state index is 0.533. The largest absolute Gasteiger partial charge is 0.308 e. The van der Waals surface area contributed by atoms with E-state index in [0.717, 1.165) is 13.1 Å². The molecule has 2 atom stereocenters. The molecule has 1 saturated carbocycles. The van der Waals surface area contributed by atoms with Gasteiger partial charge in [0.05, 0.1) is 0 Å². The lowest BCUT2D eigenvalue weighted by Gasteiger charge is -2.33. The third-order valence-corrected chi connectivity index (χ3v) is 4.35.